The van der Waals surface area contributed by atoms with E-state index in [0.717, 1.165) is 5.56 Å². The molecule has 1 aromatic carbocycles. The lowest BCUT2D eigenvalue weighted by Gasteiger charge is -2.31. The summed E-state index contributed by atoms with van der Waals surface area (Å²) in [6, 6.07) is 5.75. The topological polar surface area (TPSA) is 104 Å². The van der Waals surface area contributed by atoms with Crippen molar-refractivity contribution in [1.29, 1.82) is 0 Å². The smallest absolute Gasteiger partial charge is 0.326 e. The molecule has 1 saturated heterocycles. The second kappa shape index (κ2) is 8.18. The maximum Gasteiger partial charge on any atom is 0.326 e. The fourth-order valence-electron chi connectivity index (χ4n) is 3.00. The van der Waals surface area contributed by atoms with E-state index in [2.05, 4.69) is 5.32 Å². The standard InChI is InChI=1S/C18H26N2O5S/c1-12(2)16(18(22)23)19-17(21)14-8-10-20(11-9-14)26(24,25)15-6-4-13(3)5-7-15/h4-7,12,14,16H,8-11H2,1-3H3,(H,19,21)(H,22,23). The lowest BCUT2D eigenvalue weighted by Crippen LogP contribution is -2.49. The van der Waals surface area contributed by atoms with E-state index in [4.69, 9.17) is 0 Å². The van der Waals surface area contributed by atoms with E-state index in [-0.39, 0.29) is 35.7 Å². The molecule has 8 heteroatoms. The highest BCUT2D eigenvalue weighted by Crippen LogP contribution is 2.24. The van der Waals surface area contributed by atoms with Crippen molar-refractivity contribution in [3.05, 3.63) is 29.8 Å². The van der Waals surface area contributed by atoms with Crippen LogP contribution >= 0.6 is 0 Å². The molecule has 1 heterocycles. The molecule has 26 heavy (non-hydrogen) atoms. The summed E-state index contributed by atoms with van der Waals surface area (Å²) in [4.78, 5) is 23.8. The molecule has 0 spiro atoms. The van der Waals surface area contributed by atoms with Crippen LogP contribution in [0.5, 0.6) is 0 Å². The minimum atomic E-state index is -3.57. The van der Waals surface area contributed by atoms with Crippen LogP contribution in [0.2, 0.25) is 0 Å². The average Bonchev–Trinajstić information content (AvgIpc) is 2.59. The molecule has 1 amide bonds. The number of carboxylic acid groups (broad SMARTS) is 1. The zero-order valence-electron chi connectivity index (χ0n) is 15.3. The number of benzene rings is 1. The lowest BCUT2D eigenvalue weighted by atomic mass is 9.95. The van der Waals surface area contributed by atoms with Gasteiger partial charge in [0.15, 0.2) is 0 Å². The van der Waals surface area contributed by atoms with Gasteiger partial charge in [-0.2, -0.15) is 4.31 Å². The first-order valence-corrected chi connectivity index (χ1v) is 10.2. The molecule has 7 nitrogen and oxygen atoms in total. The number of hydrogen-bond acceptors (Lipinski definition) is 4. The number of aryl methyl sites for hydroxylation is 1. The SMILES string of the molecule is Cc1ccc(S(=O)(=O)N2CCC(C(=O)NC(C(=O)O)C(C)C)CC2)cc1. The fraction of sp³-hybridized carbons (Fsp3) is 0.556. The third-order valence-electron chi connectivity index (χ3n) is 4.71. The molecule has 1 unspecified atom stereocenters. The van der Waals surface area contributed by atoms with Crippen molar-refractivity contribution in [2.75, 3.05) is 13.1 Å². The quantitative estimate of drug-likeness (QED) is 0.778. The second-order valence-corrected chi connectivity index (χ2v) is 9.00. The fourth-order valence-corrected chi connectivity index (χ4v) is 4.47. The first-order valence-electron chi connectivity index (χ1n) is 8.73. The summed E-state index contributed by atoms with van der Waals surface area (Å²) in [5, 5.41) is 11.8. The van der Waals surface area contributed by atoms with Gasteiger partial charge in [0, 0.05) is 19.0 Å². The molecule has 0 bridgehead atoms. The van der Waals surface area contributed by atoms with Crippen LogP contribution in [0.25, 0.3) is 0 Å². The predicted octanol–water partition coefficient (Wildman–Crippen LogP) is 1.62. The van der Waals surface area contributed by atoms with Gasteiger partial charge < -0.3 is 10.4 Å². The third kappa shape index (κ3) is 4.62. The molecule has 0 aliphatic carbocycles. The molecule has 2 N–H and O–H groups in total. The molecule has 1 fully saturated rings. The normalized spacial score (nSPS) is 17.8. The van der Waals surface area contributed by atoms with Crippen molar-refractivity contribution >= 4 is 21.9 Å². The molecule has 0 aromatic heterocycles. The van der Waals surface area contributed by atoms with E-state index in [1.165, 1.54) is 4.31 Å². The van der Waals surface area contributed by atoms with Crippen LogP contribution in [0.15, 0.2) is 29.2 Å². The van der Waals surface area contributed by atoms with Gasteiger partial charge in [-0.25, -0.2) is 13.2 Å². The molecule has 1 aliphatic rings. The Morgan fingerprint density at radius 3 is 2.15 bits per heavy atom. The second-order valence-electron chi connectivity index (χ2n) is 7.06. The number of nitrogens with one attached hydrogen (secondary N) is 1. The summed E-state index contributed by atoms with van der Waals surface area (Å²) in [7, 11) is -3.57. The van der Waals surface area contributed by atoms with Gasteiger partial charge in [-0.05, 0) is 37.8 Å². The molecule has 144 valence electrons. The highest BCUT2D eigenvalue weighted by Gasteiger charge is 2.34. The molecule has 2 rings (SSSR count). The van der Waals surface area contributed by atoms with Gasteiger partial charge in [0.2, 0.25) is 15.9 Å². The summed E-state index contributed by atoms with van der Waals surface area (Å²) >= 11 is 0. The molecular weight excluding hydrogens is 356 g/mol. The Morgan fingerprint density at radius 1 is 1.15 bits per heavy atom. The first kappa shape index (κ1) is 20.4. The van der Waals surface area contributed by atoms with Crippen molar-refractivity contribution in [3.63, 3.8) is 0 Å². The van der Waals surface area contributed by atoms with Crippen LogP contribution in [0.3, 0.4) is 0 Å². The first-order chi connectivity index (χ1) is 12.1. The van der Waals surface area contributed by atoms with Crippen LogP contribution in [0.1, 0.15) is 32.3 Å². The Kier molecular flexibility index (Phi) is 6.41. The number of sulfonamides is 1. The Bertz CT molecular complexity index is 750. The Balaban J connectivity index is 1.99. The maximum absolute atomic E-state index is 12.7. The number of carbonyl (C=O) groups is 2. The highest BCUT2D eigenvalue weighted by molar-refractivity contribution is 7.89. The van der Waals surface area contributed by atoms with Crippen LogP contribution in [-0.2, 0) is 19.6 Å². The monoisotopic (exact) mass is 382 g/mol. The van der Waals surface area contributed by atoms with E-state index in [9.17, 15) is 23.1 Å². The van der Waals surface area contributed by atoms with Gasteiger partial charge in [-0.15, -0.1) is 0 Å². The third-order valence-corrected chi connectivity index (χ3v) is 6.63. The molecule has 1 aliphatic heterocycles. The van der Waals surface area contributed by atoms with E-state index >= 15 is 0 Å². The minimum Gasteiger partial charge on any atom is -0.480 e. The number of carbonyl (C=O) groups excluding carboxylic acids is 1. The number of piperidine rings is 1. The number of rotatable bonds is 6. The molecule has 1 aromatic rings. The molecular formula is C18H26N2O5S. The van der Waals surface area contributed by atoms with E-state index in [1.54, 1.807) is 38.1 Å². The van der Waals surface area contributed by atoms with Crippen LogP contribution < -0.4 is 5.32 Å². The molecule has 0 saturated carbocycles. The highest BCUT2D eigenvalue weighted by atomic mass is 32.2. The van der Waals surface area contributed by atoms with E-state index in [1.807, 2.05) is 6.92 Å². The van der Waals surface area contributed by atoms with Gasteiger partial charge in [0.25, 0.3) is 0 Å². The minimum absolute atomic E-state index is 0.224. The Hall–Kier alpha value is -1.93. The van der Waals surface area contributed by atoms with Crippen LogP contribution in [-0.4, -0.2) is 48.8 Å². The van der Waals surface area contributed by atoms with Crippen molar-refractivity contribution in [1.82, 2.24) is 9.62 Å². The van der Waals surface area contributed by atoms with Gasteiger partial charge >= 0.3 is 5.97 Å². The van der Waals surface area contributed by atoms with Crippen molar-refractivity contribution in [3.8, 4) is 0 Å². The van der Waals surface area contributed by atoms with Crippen molar-refractivity contribution in [2.45, 2.75) is 44.6 Å². The number of nitrogens with zero attached hydrogens (tertiary/aromatic N) is 1. The largest absolute Gasteiger partial charge is 0.480 e. The number of aliphatic carboxylic acids is 1. The Labute approximate surface area is 154 Å². The van der Waals surface area contributed by atoms with Gasteiger partial charge in [-0.1, -0.05) is 31.5 Å². The van der Waals surface area contributed by atoms with Crippen LogP contribution in [0, 0.1) is 18.8 Å². The van der Waals surface area contributed by atoms with Crippen molar-refractivity contribution in [2.24, 2.45) is 11.8 Å². The van der Waals surface area contributed by atoms with Crippen molar-refractivity contribution < 1.29 is 23.1 Å². The number of hydrogen-bond donors (Lipinski definition) is 2. The van der Waals surface area contributed by atoms with Gasteiger partial charge in [0.1, 0.15) is 6.04 Å². The number of amides is 1. The molecule has 1 atom stereocenters. The van der Waals surface area contributed by atoms with Crippen LogP contribution in [0.4, 0.5) is 0 Å². The van der Waals surface area contributed by atoms with Gasteiger partial charge in [-0.3, -0.25) is 4.79 Å². The zero-order valence-corrected chi connectivity index (χ0v) is 16.1. The average molecular weight is 382 g/mol. The zero-order chi connectivity index (χ0) is 19.5. The van der Waals surface area contributed by atoms with E-state index < -0.39 is 22.0 Å². The predicted molar refractivity (Wildman–Crippen MR) is 97.1 cm³/mol. The lowest BCUT2D eigenvalue weighted by molar-refractivity contribution is -0.144. The maximum atomic E-state index is 12.7. The van der Waals surface area contributed by atoms with E-state index in [0.29, 0.717) is 12.8 Å². The summed E-state index contributed by atoms with van der Waals surface area (Å²) in [5.41, 5.74) is 0.984. The molecule has 0 radical (unpaired) electrons. The number of carboxylic acids is 1. The summed E-state index contributed by atoms with van der Waals surface area (Å²) < 4.78 is 26.7. The summed E-state index contributed by atoms with van der Waals surface area (Å²) in [5.74, 6) is -1.98. The Morgan fingerprint density at radius 2 is 1.69 bits per heavy atom. The summed E-state index contributed by atoms with van der Waals surface area (Å²) in [6.45, 7) is 5.84. The van der Waals surface area contributed by atoms with Gasteiger partial charge in [0.05, 0.1) is 4.90 Å². The summed E-state index contributed by atoms with van der Waals surface area (Å²) in [6.07, 6.45) is 0.753.